The molecule has 1 fully saturated rings. The Morgan fingerprint density at radius 1 is 0.971 bits per heavy atom. The Hall–Kier alpha value is -3.91. The third-order valence-electron chi connectivity index (χ3n) is 6.60. The average Bonchev–Trinajstić information content (AvgIpc) is 3.35. The molecule has 2 heterocycles. The van der Waals surface area contributed by atoms with Gasteiger partial charge in [-0.3, -0.25) is 9.36 Å². The summed E-state index contributed by atoms with van der Waals surface area (Å²) in [5.74, 6) is 5.55. The van der Waals surface area contributed by atoms with E-state index in [0.717, 1.165) is 23.1 Å². The molecule has 1 unspecified atom stereocenters. The van der Waals surface area contributed by atoms with Gasteiger partial charge >= 0.3 is 5.69 Å². The van der Waals surface area contributed by atoms with Gasteiger partial charge in [0, 0.05) is 13.1 Å². The van der Waals surface area contributed by atoms with Crippen LogP contribution in [0.15, 0.2) is 76.3 Å². The smallest absolute Gasteiger partial charge is 0.350 e. The molecular weight excluding hydrogens is 433 g/mol. The molecule has 0 bridgehead atoms. The van der Waals surface area contributed by atoms with Crippen LogP contribution in [0.2, 0.25) is 0 Å². The van der Waals surface area contributed by atoms with Gasteiger partial charge in [0.25, 0.3) is 5.56 Å². The zero-order chi connectivity index (χ0) is 23.8. The van der Waals surface area contributed by atoms with Crippen LogP contribution in [0.25, 0.3) is 22.0 Å². The fourth-order valence-electron chi connectivity index (χ4n) is 4.65. The molecule has 3 aromatic carbocycles. The van der Waals surface area contributed by atoms with Crippen LogP contribution in [-0.4, -0.2) is 28.9 Å². The highest BCUT2D eigenvalue weighted by molar-refractivity contribution is 5.82. The molecular formula is C26H26FN5O2. The summed E-state index contributed by atoms with van der Waals surface area (Å²) in [6.45, 7) is 2.03. The van der Waals surface area contributed by atoms with Crippen LogP contribution < -0.4 is 27.7 Å². The molecule has 4 aromatic rings. The minimum atomic E-state index is -0.720. The van der Waals surface area contributed by atoms with E-state index in [2.05, 4.69) is 0 Å². The molecule has 0 saturated carbocycles. The number of nitrogens with zero attached hydrogens (tertiary/aromatic N) is 3. The standard InChI is InChI=1S/C26H26FN5O2/c27-22-12-21-23(13-24(22)30-11-10-18(14-28)15-30)31(26(34)32(29)25(21)33)16-17-6-8-20(9-7-17)19-4-2-1-3-5-19/h1-9,12-13,18H,10-11,14-16,28-29H2. The number of hydrogen-bond acceptors (Lipinski definition) is 5. The first-order valence-electron chi connectivity index (χ1n) is 11.3. The molecule has 0 amide bonds. The Labute approximate surface area is 195 Å². The van der Waals surface area contributed by atoms with Crippen LogP contribution >= 0.6 is 0 Å². The van der Waals surface area contributed by atoms with Crippen molar-refractivity contribution in [2.45, 2.75) is 13.0 Å². The zero-order valence-corrected chi connectivity index (χ0v) is 18.7. The van der Waals surface area contributed by atoms with Crippen LogP contribution in [0, 0.1) is 11.7 Å². The molecule has 7 nitrogen and oxygen atoms in total. The van der Waals surface area contributed by atoms with Gasteiger partial charge in [-0.05, 0) is 47.7 Å². The average molecular weight is 460 g/mol. The molecule has 1 aliphatic rings. The van der Waals surface area contributed by atoms with Crippen molar-refractivity contribution in [3.05, 3.63) is 98.9 Å². The summed E-state index contributed by atoms with van der Waals surface area (Å²) in [5, 5.41) is 0.0684. The maximum Gasteiger partial charge on any atom is 0.350 e. The van der Waals surface area contributed by atoms with Gasteiger partial charge in [-0.2, -0.15) is 4.68 Å². The van der Waals surface area contributed by atoms with Crippen molar-refractivity contribution < 1.29 is 4.39 Å². The molecule has 4 N–H and O–H groups in total. The Morgan fingerprint density at radius 2 is 1.68 bits per heavy atom. The van der Waals surface area contributed by atoms with E-state index in [-0.39, 0.29) is 17.8 Å². The van der Waals surface area contributed by atoms with E-state index < -0.39 is 17.1 Å². The van der Waals surface area contributed by atoms with Crippen molar-refractivity contribution in [1.82, 2.24) is 9.24 Å². The van der Waals surface area contributed by atoms with Crippen molar-refractivity contribution in [1.29, 1.82) is 0 Å². The van der Waals surface area contributed by atoms with E-state index in [1.54, 1.807) is 6.07 Å². The number of rotatable bonds is 5. The lowest BCUT2D eigenvalue weighted by Gasteiger charge is -2.21. The SMILES string of the molecule is NCC1CCN(c2cc3c(cc2F)c(=O)n(N)c(=O)n3Cc2ccc(-c3ccccc3)cc2)C1. The lowest BCUT2D eigenvalue weighted by atomic mass is 10.0. The minimum Gasteiger partial charge on any atom is -0.369 e. The van der Waals surface area contributed by atoms with Gasteiger partial charge in [0.1, 0.15) is 5.82 Å². The Kier molecular flexibility index (Phi) is 5.67. The Morgan fingerprint density at radius 3 is 2.35 bits per heavy atom. The van der Waals surface area contributed by atoms with Gasteiger partial charge in [0.15, 0.2) is 0 Å². The van der Waals surface area contributed by atoms with Crippen LogP contribution in [-0.2, 0) is 6.54 Å². The largest absolute Gasteiger partial charge is 0.369 e. The zero-order valence-electron chi connectivity index (χ0n) is 18.7. The lowest BCUT2D eigenvalue weighted by Crippen LogP contribution is -2.44. The third kappa shape index (κ3) is 3.86. The van der Waals surface area contributed by atoms with Gasteiger partial charge in [-0.1, -0.05) is 54.6 Å². The molecule has 8 heteroatoms. The van der Waals surface area contributed by atoms with Gasteiger partial charge < -0.3 is 16.5 Å². The molecule has 0 aliphatic carbocycles. The summed E-state index contributed by atoms with van der Waals surface area (Å²) >= 11 is 0. The predicted molar refractivity (Wildman–Crippen MR) is 133 cm³/mol. The molecule has 5 rings (SSSR count). The molecule has 1 aromatic heterocycles. The van der Waals surface area contributed by atoms with Crippen molar-refractivity contribution in [2.24, 2.45) is 11.7 Å². The number of fused-ring (bicyclic) bond motifs is 1. The van der Waals surface area contributed by atoms with Crippen molar-refractivity contribution in [3.8, 4) is 11.1 Å². The van der Waals surface area contributed by atoms with E-state index in [4.69, 9.17) is 11.6 Å². The quantitative estimate of drug-likeness (QED) is 0.447. The lowest BCUT2D eigenvalue weighted by molar-refractivity contribution is 0.597. The number of benzene rings is 3. The number of anilines is 1. The van der Waals surface area contributed by atoms with Crippen molar-refractivity contribution in [3.63, 3.8) is 0 Å². The van der Waals surface area contributed by atoms with E-state index in [0.29, 0.717) is 35.5 Å². The summed E-state index contributed by atoms with van der Waals surface area (Å²) < 4.78 is 17.0. The second-order valence-corrected chi connectivity index (χ2v) is 8.76. The maximum atomic E-state index is 15.0. The highest BCUT2D eigenvalue weighted by atomic mass is 19.1. The van der Waals surface area contributed by atoms with Crippen LogP contribution in [0.1, 0.15) is 12.0 Å². The number of nitrogen functional groups attached to an aromatic ring is 1. The second-order valence-electron chi connectivity index (χ2n) is 8.76. The number of nitrogens with two attached hydrogens (primary N) is 2. The van der Waals surface area contributed by atoms with Crippen molar-refractivity contribution >= 4 is 16.6 Å². The highest BCUT2D eigenvalue weighted by Crippen LogP contribution is 2.29. The molecule has 0 spiro atoms. The summed E-state index contributed by atoms with van der Waals surface area (Å²) in [6.07, 6.45) is 0.874. The van der Waals surface area contributed by atoms with Gasteiger partial charge in [-0.25, -0.2) is 9.18 Å². The van der Waals surface area contributed by atoms with Crippen LogP contribution in [0.4, 0.5) is 10.1 Å². The molecule has 0 radical (unpaired) electrons. The topological polar surface area (TPSA) is 99.3 Å². The maximum absolute atomic E-state index is 15.0. The highest BCUT2D eigenvalue weighted by Gasteiger charge is 2.25. The third-order valence-corrected chi connectivity index (χ3v) is 6.60. The molecule has 174 valence electrons. The summed E-state index contributed by atoms with van der Waals surface area (Å²) in [4.78, 5) is 27.6. The Balaban J connectivity index is 1.58. The van der Waals surface area contributed by atoms with Crippen molar-refractivity contribution in [2.75, 3.05) is 30.4 Å². The monoisotopic (exact) mass is 459 g/mol. The summed E-state index contributed by atoms with van der Waals surface area (Å²) in [6, 6.07) is 20.6. The normalized spacial score (nSPS) is 15.8. The molecule has 34 heavy (non-hydrogen) atoms. The van der Waals surface area contributed by atoms with E-state index in [9.17, 15) is 9.59 Å². The van der Waals surface area contributed by atoms with Crippen LogP contribution in [0.3, 0.4) is 0 Å². The number of halogens is 1. The number of hydrogen-bond donors (Lipinski definition) is 2. The molecule has 1 aliphatic heterocycles. The van der Waals surface area contributed by atoms with E-state index in [1.165, 1.54) is 10.6 Å². The number of aromatic nitrogens is 2. The minimum absolute atomic E-state index is 0.0684. The fourth-order valence-corrected chi connectivity index (χ4v) is 4.65. The molecule has 1 saturated heterocycles. The first-order valence-corrected chi connectivity index (χ1v) is 11.3. The first-order chi connectivity index (χ1) is 16.5. The summed E-state index contributed by atoms with van der Waals surface area (Å²) in [7, 11) is 0. The van der Waals surface area contributed by atoms with Crippen LogP contribution in [0.5, 0.6) is 0 Å². The van der Waals surface area contributed by atoms with Gasteiger partial charge in [0.2, 0.25) is 0 Å². The second kappa shape index (κ2) is 8.79. The summed E-state index contributed by atoms with van der Waals surface area (Å²) in [5.41, 5.74) is 8.15. The van der Waals surface area contributed by atoms with Gasteiger partial charge in [0.05, 0.1) is 23.1 Å². The van der Waals surface area contributed by atoms with E-state index in [1.807, 2.05) is 59.5 Å². The Bertz CT molecular complexity index is 1460. The fraction of sp³-hybridized carbons (Fsp3) is 0.231. The predicted octanol–water partition coefficient (Wildman–Crippen LogP) is 2.52. The van der Waals surface area contributed by atoms with Gasteiger partial charge in [-0.15, -0.1) is 0 Å². The van der Waals surface area contributed by atoms with E-state index >= 15 is 4.39 Å². The first kappa shape index (κ1) is 21.9. The molecule has 1 atom stereocenters.